The second-order valence-corrected chi connectivity index (χ2v) is 4.76. The Hall–Kier alpha value is -1.03. The van der Waals surface area contributed by atoms with Gasteiger partial charge < -0.3 is 15.4 Å². The van der Waals surface area contributed by atoms with Crippen LogP contribution >= 0.6 is 0 Å². The number of rotatable bonds is 4. The van der Waals surface area contributed by atoms with Crippen LogP contribution in [0.2, 0.25) is 0 Å². The summed E-state index contributed by atoms with van der Waals surface area (Å²) in [6, 6.07) is 0.0566. The van der Waals surface area contributed by atoms with Gasteiger partial charge in [-0.2, -0.15) is 0 Å². The summed E-state index contributed by atoms with van der Waals surface area (Å²) in [4.78, 5) is 11.6. The van der Waals surface area contributed by atoms with Crippen molar-refractivity contribution in [3.05, 3.63) is 12.2 Å². The van der Waals surface area contributed by atoms with Crippen LogP contribution in [0, 0.1) is 0 Å². The molecule has 16 heavy (non-hydrogen) atoms. The van der Waals surface area contributed by atoms with Gasteiger partial charge in [-0.05, 0) is 33.1 Å². The van der Waals surface area contributed by atoms with Gasteiger partial charge in [-0.1, -0.05) is 12.2 Å². The molecule has 1 rings (SSSR count). The molecule has 1 atom stereocenters. The van der Waals surface area contributed by atoms with Gasteiger partial charge in [0.25, 0.3) is 0 Å². The van der Waals surface area contributed by atoms with Crippen LogP contribution in [0.15, 0.2) is 12.2 Å². The van der Waals surface area contributed by atoms with Crippen molar-refractivity contribution in [3.8, 4) is 0 Å². The molecule has 0 unspecified atom stereocenters. The molecule has 1 aliphatic rings. The minimum absolute atomic E-state index is 0.123. The van der Waals surface area contributed by atoms with Crippen LogP contribution in [0.5, 0.6) is 0 Å². The molecule has 0 saturated carbocycles. The molecule has 0 bridgehead atoms. The largest absolute Gasteiger partial charge is 0.377 e. The number of urea groups is 1. The van der Waals surface area contributed by atoms with E-state index in [4.69, 9.17) is 4.74 Å². The molecule has 0 fully saturated rings. The SMILES string of the molecule is COC(C)(C)CNC(=O)N[C@H]1C=CCCC1. The molecule has 2 N–H and O–H groups in total. The topological polar surface area (TPSA) is 50.4 Å². The molecule has 2 amide bonds. The van der Waals surface area contributed by atoms with E-state index in [1.54, 1.807) is 7.11 Å². The van der Waals surface area contributed by atoms with E-state index in [0.717, 1.165) is 19.3 Å². The predicted octanol–water partition coefficient (Wildman–Crippen LogP) is 1.82. The van der Waals surface area contributed by atoms with E-state index in [1.165, 1.54) is 0 Å². The Morgan fingerprint density at radius 1 is 1.56 bits per heavy atom. The van der Waals surface area contributed by atoms with E-state index < -0.39 is 0 Å². The van der Waals surface area contributed by atoms with Crippen molar-refractivity contribution in [3.63, 3.8) is 0 Å². The van der Waals surface area contributed by atoms with Gasteiger partial charge in [0, 0.05) is 19.7 Å². The van der Waals surface area contributed by atoms with Gasteiger partial charge >= 0.3 is 6.03 Å². The number of nitrogens with one attached hydrogen (secondary N) is 2. The zero-order valence-corrected chi connectivity index (χ0v) is 10.4. The van der Waals surface area contributed by atoms with Crippen LogP contribution in [0.4, 0.5) is 4.79 Å². The molecule has 0 heterocycles. The third-order valence-electron chi connectivity index (χ3n) is 2.80. The van der Waals surface area contributed by atoms with Crippen LogP contribution in [0.25, 0.3) is 0 Å². The lowest BCUT2D eigenvalue weighted by atomic mass is 10.0. The zero-order valence-electron chi connectivity index (χ0n) is 10.4. The maximum atomic E-state index is 11.6. The van der Waals surface area contributed by atoms with E-state index in [0.29, 0.717) is 6.54 Å². The van der Waals surface area contributed by atoms with Crippen LogP contribution in [-0.4, -0.2) is 31.3 Å². The van der Waals surface area contributed by atoms with Gasteiger partial charge in [0.2, 0.25) is 0 Å². The fraction of sp³-hybridized carbons (Fsp3) is 0.750. The molecule has 0 saturated heterocycles. The van der Waals surface area contributed by atoms with Gasteiger partial charge in [-0.25, -0.2) is 4.79 Å². The van der Waals surface area contributed by atoms with Gasteiger partial charge in [0.1, 0.15) is 0 Å². The molecular formula is C12H22N2O2. The average Bonchev–Trinajstić information content (AvgIpc) is 2.28. The lowest BCUT2D eigenvalue weighted by molar-refractivity contribution is 0.0253. The third-order valence-corrected chi connectivity index (χ3v) is 2.80. The van der Waals surface area contributed by atoms with E-state index in [1.807, 2.05) is 13.8 Å². The number of allylic oxidation sites excluding steroid dienone is 1. The second-order valence-electron chi connectivity index (χ2n) is 4.76. The lowest BCUT2D eigenvalue weighted by Crippen LogP contribution is -2.47. The summed E-state index contributed by atoms with van der Waals surface area (Å²) in [6.07, 6.45) is 7.47. The molecule has 0 spiro atoms. The highest BCUT2D eigenvalue weighted by molar-refractivity contribution is 5.74. The van der Waals surface area contributed by atoms with Gasteiger partial charge in [-0.15, -0.1) is 0 Å². The van der Waals surface area contributed by atoms with Gasteiger partial charge in [0.05, 0.1) is 5.60 Å². The first-order chi connectivity index (χ1) is 7.53. The molecular weight excluding hydrogens is 204 g/mol. The first-order valence-electron chi connectivity index (χ1n) is 5.80. The molecule has 0 aromatic rings. The number of carbonyl (C=O) groups excluding carboxylic acids is 1. The fourth-order valence-electron chi connectivity index (χ4n) is 1.52. The Labute approximate surface area is 97.4 Å². The molecule has 0 aromatic heterocycles. The van der Waals surface area contributed by atoms with E-state index in [-0.39, 0.29) is 17.7 Å². The first kappa shape index (κ1) is 13.0. The normalized spacial score (nSPS) is 20.6. The van der Waals surface area contributed by atoms with Crippen molar-refractivity contribution < 1.29 is 9.53 Å². The average molecular weight is 226 g/mol. The van der Waals surface area contributed by atoms with Crippen molar-refractivity contribution in [2.24, 2.45) is 0 Å². The maximum Gasteiger partial charge on any atom is 0.315 e. The molecule has 0 aliphatic heterocycles. The molecule has 0 aromatic carbocycles. The quantitative estimate of drug-likeness (QED) is 0.718. The number of carbonyl (C=O) groups is 1. The Balaban J connectivity index is 2.25. The molecule has 1 aliphatic carbocycles. The van der Waals surface area contributed by atoms with Crippen LogP contribution in [-0.2, 0) is 4.74 Å². The molecule has 4 nitrogen and oxygen atoms in total. The van der Waals surface area contributed by atoms with Crippen molar-refractivity contribution in [2.45, 2.75) is 44.8 Å². The van der Waals surface area contributed by atoms with Crippen molar-refractivity contribution >= 4 is 6.03 Å². The third kappa shape index (κ3) is 4.66. The number of ether oxygens (including phenoxy) is 1. The Kier molecular flexibility index (Phi) is 4.80. The molecule has 0 radical (unpaired) electrons. The number of amides is 2. The summed E-state index contributed by atoms with van der Waals surface area (Å²) < 4.78 is 5.22. The standard InChI is InChI=1S/C12H22N2O2/c1-12(2,16-3)9-13-11(15)14-10-7-5-4-6-8-10/h5,7,10H,4,6,8-9H2,1-3H3,(H2,13,14,15)/t10-/m0/s1. The highest BCUT2D eigenvalue weighted by Crippen LogP contribution is 2.10. The minimum atomic E-state index is -0.320. The van der Waals surface area contributed by atoms with Crippen LogP contribution in [0.3, 0.4) is 0 Å². The van der Waals surface area contributed by atoms with Crippen LogP contribution < -0.4 is 10.6 Å². The Bertz CT molecular complexity index is 262. The summed E-state index contributed by atoms with van der Waals surface area (Å²) in [5.41, 5.74) is -0.320. The van der Waals surface area contributed by atoms with E-state index in [2.05, 4.69) is 22.8 Å². The minimum Gasteiger partial charge on any atom is -0.377 e. The highest BCUT2D eigenvalue weighted by Gasteiger charge is 2.18. The number of hydrogen-bond acceptors (Lipinski definition) is 2. The smallest absolute Gasteiger partial charge is 0.315 e. The van der Waals surface area contributed by atoms with Crippen molar-refractivity contribution in [1.29, 1.82) is 0 Å². The van der Waals surface area contributed by atoms with Crippen LogP contribution in [0.1, 0.15) is 33.1 Å². The number of methoxy groups -OCH3 is 1. The predicted molar refractivity (Wildman–Crippen MR) is 64.4 cm³/mol. The summed E-state index contributed by atoms with van der Waals surface area (Å²) in [7, 11) is 1.64. The summed E-state index contributed by atoms with van der Waals surface area (Å²) in [5, 5.41) is 5.74. The Morgan fingerprint density at radius 2 is 2.31 bits per heavy atom. The summed E-state index contributed by atoms with van der Waals surface area (Å²) in [6.45, 7) is 4.38. The highest BCUT2D eigenvalue weighted by atomic mass is 16.5. The van der Waals surface area contributed by atoms with Crippen molar-refractivity contribution in [1.82, 2.24) is 10.6 Å². The maximum absolute atomic E-state index is 11.6. The van der Waals surface area contributed by atoms with E-state index in [9.17, 15) is 4.79 Å². The Morgan fingerprint density at radius 3 is 2.88 bits per heavy atom. The fourth-order valence-corrected chi connectivity index (χ4v) is 1.52. The monoisotopic (exact) mass is 226 g/mol. The lowest BCUT2D eigenvalue weighted by Gasteiger charge is -2.24. The zero-order chi connectivity index (χ0) is 12.0. The summed E-state index contributed by atoms with van der Waals surface area (Å²) >= 11 is 0. The second kappa shape index (κ2) is 5.89. The molecule has 92 valence electrons. The van der Waals surface area contributed by atoms with Gasteiger partial charge in [-0.3, -0.25) is 0 Å². The first-order valence-corrected chi connectivity index (χ1v) is 5.80. The summed E-state index contributed by atoms with van der Waals surface area (Å²) in [5.74, 6) is 0. The van der Waals surface area contributed by atoms with E-state index >= 15 is 0 Å². The van der Waals surface area contributed by atoms with Crippen molar-refractivity contribution in [2.75, 3.05) is 13.7 Å². The number of hydrogen-bond donors (Lipinski definition) is 2. The molecule has 4 heteroatoms. The van der Waals surface area contributed by atoms with Gasteiger partial charge in [0.15, 0.2) is 0 Å².